The molecule has 7 nitrogen and oxygen atoms in total. The lowest BCUT2D eigenvalue weighted by atomic mass is 10.1. The number of carbonyl (C=O) groups is 2. The van der Waals surface area contributed by atoms with E-state index in [0.717, 1.165) is 24.8 Å². The van der Waals surface area contributed by atoms with Crippen molar-refractivity contribution in [1.82, 2.24) is 4.90 Å². The number of unbranched alkanes of at least 4 members (excludes halogenated alkanes) is 1. The van der Waals surface area contributed by atoms with Gasteiger partial charge < -0.3 is 24.8 Å². The van der Waals surface area contributed by atoms with Crippen molar-refractivity contribution in [3.05, 3.63) is 95.0 Å². The van der Waals surface area contributed by atoms with E-state index in [2.05, 4.69) is 17.4 Å². The fourth-order valence-electron chi connectivity index (χ4n) is 3.96. The molecule has 2 N–H and O–H groups in total. The Balaban J connectivity index is 1.53. The van der Waals surface area contributed by atoms with Crippen LogP contribution in [0.4, 0.5) is 10.5 Å². The SMILES string of the molecule is CCOC(Cc1ccc(OCCN(CCCCc2ccccc2)C(=O)Nc2ccc(Cl)cc2)cc1)C(=O)O. The van der Waals surface area contributed by atoms with Crippen LogP contribution in [0.2, 0.25) is 5.02 Å². The second-order valence-corrected chi connectivity index (χ2v) is 9.28. The minimum absolute atomic E-state index is 0.193. The molecule has 1 atom stereocenters. The van der Waals surface area contributed by atoms with E-state index >= 15 is 0 Å². The average Bonchev–Trinajstić information content (AvgIpc) is 2.92. The summed E-state index contributed by atoms with van der Waals surface area (Å²) in [6.07, 6.45) is 2.20. The Morgan fingerprint density at radius 2 is 1.63 bits per heavy atom. The maximum atomic E-state index is 13.0. The van der Waals surface area contributed by atoms with Gasteiger partial charge in [-0.2, -0.15) is 0 Å². The number of halogens is 1. The number of aryl methyl sites for hydroxylation is 1. The van der Waals surface area contributed by atoms with Crippen LogP contribution >= 0.6 is 11.6 Å². The summed E-state index contributed by atoms with van der Waals surface area (Å²) in [5.74, 6) is -0.327. The Hall–Kier alpha value is -3.55. The second kappa shape index (κ2) is 15.6. The van der Waals surface area contributed by atoms with Crippen LogP contribution in [0, 0.1) is 0 Å². The van der Waals surface area contributed by atoms with Gasteiger partial charge in [0.2, 0.25) is 0 Å². The number of nitrogens with one attached hydrogen (secondary N) is 1. The largest absolute Gasteiger partial charge is 0.492 e. The van der Waals surface area contributed by atoms with E-state index in [1.165, 1.54) is 5.56 Å². The maximum Gasteiger partial charge on any atom is 0.333 e. The first-order valence-corrected chi connectivity index (χ1v) is 13.2. The fraction of sp³-hybridized carbons (Fsp3) is 0.333. The maximum absolute atomic E-state index is 13.0. The zero-order chi connectivity index (χ0) is 27.2. The number of aliphatic carboxylic acids is 1. The summed E-state index contributed by atoms with van der Waals surface area (Å²) >= 11 is 5.96. The van der Waals surface area contributed by atoms with Crippen molar-refractivity contribution in [2.45, 2.75) is 38.7 Å². The lowest BCUT2D eigenvalue weighted by Gasteiger charge is -2.23. The van der Waals surface area contributed by atoms with E-state index < -0.39 is 12.1 Å². The first-order valence-electron chi connectivity index (χ1n) is 12.9. The van der Waals surface area contributed by atoms with E-state index in [1.807, 2.05) is 30.3 Å². The molecule has 2 amide bonds. The molecule has 0 saturated heterocycles. The second-order valence-electron chi connectivity index (χ2n) is 8.85. The first kappa shape index (κ1) is 29.0. The molecule has 0 heterocycles. The highest BCUT2D eigenvalue weighted by Gasteiger charge is 2.18. The minimum Gasteiger partial charge on any atom is -0.492 e. The highest BCUT2D eigenvalue weighted by Crippen LogP contribution is 2.16. The van der Waals surface area contributed by atoms with Crippen LogP contribution < -0.4 is 10.1 Å². The average molecular weight is 539 g/mol. The number of urea groups is 1. The molecule has 0 spiro atoms. The van der Waals surface area contributed by atoms with E-state index in [0.29, 0.717) is 42.8 Å². The van der Waals surface area contributed by atoms with E-state index in [4.69, 9.17) is 21.1 Å². The quantitative estimate of drug-likeness (QED) is 0.221. The molecule has 0 aliphatic rings. The minimum atomic E-state index is -0.979. The van der Waals surface area contributed by atoms with Crippen LogP contribution in [0.5, 0.6) is 5.75 Å². The summed E-state index contributed by atoms with van der Waals surface area (Å²) in [6, 6.07) is 24.4. The molecule has 0 radical (unpaired) electrons. The van der Waals surface area contributed by atoms with Crippen LogP contribution in [0.25, 0.3) is 0 Å². The van der Waals surface area contributed by atoms with Gasteiger partial charge in [0.1, 0.15) is 12.4 Å². The van der Waals surface area contributed by atoms with Gasteiger partial charge in [-0.15, -0.1) is 0 Å². The van der Waals surface area contributed by atoms with Crippen LogP contribution in [-0.4, -0.2) is 54.4 Å². The number of nitrogens with zero attached hydrogens (tertiary/aromatic N) is 1. The Labute approximate surface area is 229 Å². The summed E-state index contributed by atoms with van der Waals surface area (Å²) in [6.45, 7) is 3.45. The van der Waals surface area contributed by atoms with Gasteiger partial charge in [-0.3, -0.25) is 0 Å². The smallest absolute Gasteiger partial charge is 0.333 e. The number of hydrogen-bond donors (Lipinski definition) is 2. The van der Waals surface area contributed by atoms with Crippen LogP contribution in [0.3, 0.4) is 0 Å². The molecule has 1 unspecified atom stereocenters. The van der Waals surface area contributed by atoms with Gasteiger partial charge in [0.25, 0.3) is 0 Å². The number of ether oxygens (including phenoxy) is 2. The summed E-state index contributed by atoms with van der Waals surface area (Å²) in [4.78, 5) is 26.1. The standard InChI is InChI=1S/C30H35ClN2O5/c1-2-37-28(29(34)35)22-24-11-17-27(18-12-24)38-21-20-33(19-7-6-10-23-8-4-3-5-9-23)30(36)32-26-15-13-25(31)14-16-26/h3-5,8-9,11-18,28H,2,6-7,10,19-22H2,1H3,(H,32,36)(H,34,35). The van der Waals surface area contributed by atoms with Gasteiger partial charge in [0, 0.05) is 30.3 Å². The number of carbonyl (C=O) groups excluding carboxylic acids is 1. The molecule has 8 heteroatoms. The highest BCUT2D eigenvalue weighted by atomic mass is 35.5. The molecule has 0 aromatic heterocycles. The third-order valence-corrected chi connectivity index (χ3v) is 6.24. The number of hydrogen-bond acceptors (Lipinski definition) is 4. The van der Waals surface area contributed by atoms with Gasteiger partial charge in [0.15, 0.2) is 6.10 Å². The normalized spacial score (nSPS) is 11.5. The summed E-state index contributed by atoms with van der Waals surface area (Å²) < 4.78 is 11.2. The summed E-state index contributed by atoms with van der Waals surface area (Å²) in [7, 11) is 0. The molecule has 0 bridgehead atoms. The summed E-state index contributed by atoms with van der Waals surface area (Å²) in [5.41, 5.74) is 2.81. The molecule has 3 aromatic carbocycles. The van der Waals surface area contributed by atoms with Crippen molar-refractivity contribution in [3.8, 4) is 5.75 Å². The molecule has 38 heavy (non-hydrogen) atoms. The third kappa shape index (κ3) is 10.1. The molecule has 0 saturated carbocycles. The number of amides is 2. The molecule has 0 aliphatic carbocycles. The lowest BCUT2D eigenvalue weighted by molar-refractivity contribution is -0.149. The van der Waals surface area contributed by atoms with E-state index in [9.17, 15) is 14.7 Å². The Morgan fingerprint density at radius 3 is 2.29 bits per heavy atom. The van der Waals surface area contributed by atoms with Crippen LogP contribution in [-0.2, 0) is 22.4 Å². The molecular weight excluding hydrogens is 504 g/mol. The Morgan fingerprint density at radius 1 is 0.921 bits per heavy atom. The molecule has 0 fully saturated rings. The molecule has 3 rings (SSSR count). The predicted octanol–water partition coefficient (Wildman–Crippen LogP) is 6.31. The first-order chi connectivity index (χ1) is 18.4. The summed E-state index contributed by atoms with van der Waals surface area (Å²) in [5, 5.41) is 12.8. The van der Waals surface area contributed by atoms with Crippen molar-refractivity contribution in [3.63, 3.8) is 0 Å². The van der Waals surface area contributed by atoms with Gasteiger partial charge in [-0.05, 0) is 73.7 Å². The van der Waals surface area contributed by atoms with E-state index in [-0.39, 0.29) is 12.5 Å². The van der Waals surface area contributed by atoms with Crippen molar-refractivity contribution < 1.29 is 24.2 Å². The van der Waals surface area contributed by atoms with Crippen LogP contribution in [0.15, 0.2) is 78.9 Å². The lowest BCUT2D eigenvalue weighted by Crippen LogP contribution is -2.38. The van der Waals surface area contributed by atoms with Crippen molar-refractivity contribution in [2.75, 3.05) is 31.6 Å². The van der Waals surface area contributed by atoms with E-state index in [1.54, 1.807) is 48.2 Å². The molecule has 0 aliphatic heterocycles. The zero-order valence-electron chi connectivity index (χ0n) is 21.6. The van der Waals surface area contributed by atoms with Crippen molar-refractivity contribution >= 4 is 29.3 Å². The highest BCUT2D eigenvalue weighted by molar-refractivity contribution is 6.30. The number of carboxylic acid groups (broad SMARTS) is 1. The number of rotatable bonds is 15. The van der Waals surface area contributed by atoms with Crippen molar-refractivity contribution in [1.29, 1.82) is 0 Å². The van der Waals surface area contributed by atoms with Gasteiger partial charge in [-0.1, -0.05) is 54.1 Å². The molecular formula is C30H35ClN2O5. The Kier molecular flexibility index (Phi) is 11.9. The number of anilines is 1. The number of benzene rings is 3. The van der Waals surface area contributed by atoms with Crippen molar-refractivity contribution in [2.24, 2.45) is 0 Å². The monoisotopic (exact) mass is 538 g/mol. The third-order valence-electron chi connectivity index (χ3n) is 5.99. The Bertz CT molecular complexity index is 1120. The zero-order valence-corrected chi connectivity index (χ0v) is 22.4. The van der Waals surface area contributed by atoms with Gasteiger partial charge in [-0.25, -0.2) is 9.59 Å². The predicted molar refractivity (Wildman–Crippen MR) is 150 cm³/mol. The molecule has 202 valence electrons. The van der Waals surface area contributed by atoms with Crippen LogP contribution in [0.1, 0.15) is 30.9 Å². The molecule has 3 aromatic rings. The van der Waals surface area contributed by atoms with Gasteiger partial charge >= 0.3 is 12.0 Å². The fourth-order valence-corrected chi connectivity index (χ4v) is 4.08. The number of carboxylic acids is 1. The van der Waals surface area contributed by atoms with Gasteiger partial charge in [0.05, 0.1) is 6.54 Å². The topological polar surface area (TPSA) is 88.1 Å².